The molecule has 2 aromatic rings. The molecule has 0 saturated heterocycles. The predicted octanol–water partition coefficient (Wildman–Crippen LogP) is 2.52. The smallest absolute Gasteiger partial charge is 0.173 e. The summed E-state index contributed by atoms with van der Waals surface area (Å²) in [7, 11) is -3.00. The summed E-state index contributed by atoms with van der Waals surface area (Å²) in [6.45, 7) is 2.71. The van der Waals surface area contributed by atoms with Crippen LogP contribution in [0.3, 0.4) is 0 Å². The van der Waals surface area contributed by atoms with E-state index in [-0.39, 0.29) is 11.8 Å². The van der Waals surface area contributed by atoms with Gasteiger partial charge >= 0.3 is 0 Å². The summed E-state index contributed by atoms with van der Waals surface area (Å²) < 4.78 is 22.7. The molecule has 21 heavy (non-hydrogen) atoms. The Morgan fingerprint density at radius 3 is 2.90 bits per heavy atom. The Balaban J connectivity index is 1.67. The van der Waals surface area contributed by atoms with Crippen LogP contribution in [0.25, 0.3) is 10.6 Å². The molecule has 1 atom stereocenters. The van der Waals surface area contributed by atoms with Crippen LogP contribution in [-0.2, 0) is 16.4 Å². The molecule has 4 nitrogen and oxygen atoms in total. The second-order valence-electron chi connectivity index (χ2n) is 5.09. The van der Waals surface area contributed by atoms with Crippen molar-refractivity contribution in [3.8, 4) is 10.6 Å². The van der Waals surface area contributed by atoms with E-state index in [0.717, 1.165) is 15.4 Å². The standard InChI is InChI=1S/C15H16N2O2S2/c1-11-4-2-3-5-14(11)15-17-9-13(20-15)8-16-12-6-7-21(18,19)10-12/h2-7,9,12,16H,8,10H2,1H3. The number of aromatic nitrogens is 1. The van der Waals surface area contributed by atoms with Crippen LogP contribution in [0, 0.1) is 6.92 Å². The van der Waals surface area contributed by atoms with Crippen molar-refractivity contribution in [2.45, 2.75) is 19.5 Å². The predicted molar refractivity (Wildman–Crippen MR) is 85.8 cm³/mol. The van der Waals surface area contributed by atoms with Gasteiger partial charge in [-0.15, -0.1) is 11.3 Å². The number of sulfone groups is 1. The van der Waals surface area contributed by atoms with E-state index in [9.17, 15) is 8.42 Å². The van der Waals surface area contributed by atoms with Crippen LogP contribution in [-0.4, -0.2) is 25.2 Å². The second-order valence-corrected chi connectivity index (χ2v) is 8.14. The molecule has 0 bridgehead atoms. The van der Waals surface area contributed by atoms with Gasteiger partial charge in [-0.05, 0) is 12.5 Å². The Bertz CT molecular complexity index is 778. The first kappa shape index (κ1) is 14.4. The topological polar surface area (TPSA) is 59.1 Å². The van der Waals surface area contributed by atoms with E-state index in [1.54, 1.807) is 17.4 Å². The number of rotatable bonds is 4. The van der Waals surface area contributed by atoms with Gasteiger partial charge in [0.1, 0.15) is 5.01 Å². The van der Waals surface area contributed by atoms with E-state index < -0.39 is 9.84 Å². The van der Waals surface area contributed by atoms with Gasteiger partial charge in [-0.3, -0.25) is 0 Å². The van der Waals surface area contributed by atoms with Crippen LogP contribution in [0.15, 0.2) is 41.9 Å². The van der Waals surface area contributed by atoms with E-state index >= 15 is 0 Å². The Morgan fingerprint density at radius 2 is 2.19 bits per heavy atom. The van der Waals surface area contributed by atoms with E-state index in [4.69, 9.17) is 0 Å². The molecule has 0 aliphatic carbocycles. The third-order valence-electron chi connectivity index (χ3n) is 3.40. The van der Waals surface area contributed by atoms with Crippen molar-refractivity contribution >= 4 is 21.2 Å². The fourth-order valence-electron chi connectivity index (χ4n) is 2.26. The zero-order chi connectivity index (χ0) is 14.9. The van der Waals surface area contributed by atoms with Crippen molar-refractivity contribution < 1.29 is 8.42 Å². The van der Waals surface area contributed by atoms with Crippen LogP contribution in [0.5, 0.6) is 0 Å². The van der Waals surface area contributed by atoms with Crippen LogP contribution >= 0.6 is 11.3 Å². The molecular formula is C15H16N2O2S2. The highest BCUT2D eigenvalue weighted by Gasteiger charge is 2.21. The Hall–Kier alpha value is -1.50. The van der Waals surface area contributed by atoms with Crippen molar-refractivity contribution in [2.75, 3.05) is 5.75 Å². The van der Waals surface area contributed by atoms with Crippen molar-refractivity contribution in [1.82, 2.24) is 10.3 Å². The Kier molecular flexibility index (Phi) is 3.93. The molecule has 110 valence electrons. The molecular weight excluding hydrogens is 304 g/mol. The third kappa shape index (κ3) is 3.40. The van der Waals surface area contributed by atoms with Gasteiger partial charge < -0.3 is 5.32 Å². The minimum Gasteiger partial charge on any atom is -0.305 e. The molecule has 0 fully saturated rings. The summed E-state index contributed by atoms with van der Waals surface area (Å²) >= 11 is 1.64. The number of nitrogens with one attached hydrogen (secondary N) is 1. The van der Waals surface area contributed by atoms with E-state index in [1.807, 2.05) is 18.3 Å². The Morgan fingerprint density at radius 1 is 1.38 bits per heavy atom. The van der Waals surface area contributed by atoms with Gasteiger partial charge in [-0.2, -0.15) is 0 Å². The molecule has 1 aromatic heterocycles. The fraction of sp³-hybridized carbons (Fsp3) is 0.267. The number of nitrogens with zero attached hydrogens (tertiary/aromatic N) is 1. The van der Waals surface area contributed by atoms with Crippen LogP contribution in [0.1, 0.15) is 10.4 Å². The first-order chi connectivity index (χ1) is 10.0. The van der Waals surface area contributed by atoms with Crippen molar-refractivity contribution in [3.63, 3.8) is 0 Å². The Labute approximate surface area is 128 Å². The minimum atomic E-state index is -3.00. The van der Waals surface area contributed by atoms with Crippen LogP contribution in [0.4, 0.5) is 0 Å². The van der Waals surface area contributed by atoms with Gasteiger partial charge in [0.25, 0.3) is 0 Å². The molecule has 0 saturated carbocycles. The maximum atomic E-state index is 11.3. The highest BCUT2D eigenvalue weighted by molar-refractivity contribution is 7.94. The van der Waals surface area contributed by atoms with Gasteiger partial charge in [0.05, 0.1) is 5.75 Å². The summed E-state index contributed by atoms with van der Waals surface area (Å²) in [5.74, 6) is 0.149. The van der Waals surface area contributed by atoms with Gasteiger partial charge in [0.2, 0.25) is 0 Å². The normalized spacial score (nSPS) is 20.0. The monoisotopic (exact) mass is 320 g/mol. The number of hydrogen-bond acceptors (Lipinski definition) is 5. The van der Waals surface area contributed by atoms with Crippen molar-refractivity contribution in [3.05, 3.63) is 52.4 Å². The summed E-state index contributed by atoms with van der Waals surface area (Å²) in [4.78, 5) is 5.57. The van der Waals surface area contributed by atoms with Crippen molar-refractivity contribution in [1.29, 1.82) is 0 Å². The highest BCUT2D eigenvalue weighted by Crippen LogP contribution is 2.27. The lowest BCUT2D eigenvalue weighted by Gasteiger charge is -2.07. The molecule has 1 N–H and O–H groups in total. The lowest BCUT2D eigenvalue weighted by atomic mass is 10.1. The largest absolute Gasteiger partial charge is 0.305 e. The first-order valence-electron chi connectivity index (χ1n) is 6.68. The summed E-state index contributed by atoms with van der Waals surface area (Å²) in [5, 5.41) is 5.52. The molecule has 0 radical (unpaired) electrons. The molecule has 1 aliphatic rings. The molecule has 6 heteroatoms. The summed E-state index contributed by atoms with van der Waals surface area (Å²) in [6, 6.07) is 8.07. The number of hydrogen-bond donors (Lipinski definition) is 1. The van der Waals surface area contributed by atoms with Gasteiger partial charge in [0.15, 0.2) is 9.84 Å². The zero-order valence-corrected chi connectivity index (χ0v) is 13.2. The molecule has 1 aliphatic heterocycles. The van der Waals surface area contributed by atoms with Crippen molar-refractivity contribution in [2.24, 2.45) is 0 Å². The highest BCUT2D eigenvalue weighted by atomic mass is 32.2. The quantitative estimate of drug-likeness (QED) is 0.940. The molecule has 0 spiro atoms. The van der Waals surface area contributed by atoms with Gasteiger partial charge in [-0.25, -0.2) is 13.4 Å². The maximum Gasteiger partial charge on any atom is 0.173 e. The van der Waals surface area contributed by atoms with E-state index in [0.29, 0.717) is 6.54 Å². The molecule has 1 unspecified atom stereocenters. The molecule has 2 heterocycles. The summed E-state index contributed by atoms with van der Waals surface area (Å²) in [5.41, 5.74) is 2.35. The van der Waals surface area contributed by atoms with Crippen LogP contribution in [0.2, 0.25) is 0 Å². The first-order valence-corrected chi connectivity index (χ1v) is 9.22. The second kappa shape index (κ2) is 5.71. The lowest BCUT2D eigenvalue weighted by Crippen LogP contribution is -2.29. The number of thiazole rings is 1. The van der Waals surface area contributed by atoms with Gasteiger partial charge in [-0.1, -0.05) is 30.3 Å². The average molecular weight is 320 g/mol. The summed E-state index contributed by atoms with van der Waals surface area (Å²) in [6.07, 6.45) is 3.56. The molecule has 0 amide bonds. The molecule has 3 rings (SSSR count). The average Bonchev–Trinajstić information content (AvgIpc) is 3.03. The number of aryl methyl sites for hydroxylation is 1. The van der Waals surface area contributed by atoms with E-state index in [1.165, 1.54) is 11.0 Å². The third-order valence-corrected chi connectivity index (χ3v) is 5.82. The number of benzene rings is 1. The molecule has 1 aromatic carbocycles. The minimum absolute atomic E-state index is 0.0981. The fourth-order valence-corrected chi connectivity index (χ4v) is 4.48. The zero-order valence-electron chi connectivity index (χ0n) is 11.6. The van der Waals surface area contributed by atoms with Gasteiger partial charge in [0, 0.05) is 34.6 Å². The van der Waals surface area contributed by atoms with E-state index in [2.05, 4.69) is 29.4 Å². The SMILES string of the molecule is Cc1ccccc1-c1ncc(CNC2C=CS(=O)(=O)C2)s1. The maximum absolute atomic E-state index is 11.3. The van der Waals surface area contributed by atoms with Crippen LogP contribution < -0.4 is 5.32 Å². The lowest BCUT2D eigenvalue weighted by molar-refractivity contribution is 0.591.